The summed E-state index contributed by atoms with van der Waals surface area (Å²) in [5.41, 5.74) is 3.90. The Morgan fingerprint density at radius 2 is 2.11 bits per heavy atom. The van der Waals surface area contributed by atoms with Crippen molar-refractivity contribution in [1.29, 1.82) is 0 Å². The van der Waals surface area contributed by atoms with Crippen molar-refractivity contribution >= 4 is 5.71 Å². The summed E-state index contributed by atoms with van der Waals surface area (Å²) in [4.78, 5) is 10.8. The van der Waals surface area contributed by atoms with E-state index in [1.807, 2.05) is 6.92 Å². The van der Waals surface area contributed by atoms with Crippen LogP contribution in [0.25, 0.3) is 0 Å². The summed E-state index contributed by atoms with van der Waals surface area (Å²) in [5, 5.41) is 15.3. The number of hydrazone groups is 1. The van der Waals surface area contributed by atoms with Crippen molar-refractivity contribution < 1.29 is 9.66 Å². The van der Waals surface area contributed by atoms with Crippen LogP contribution in [0.4, 0.5) is 0 Å². The van der Waals surface area contributed by atoms with E-state index in [2.05, 4.69) is 10.5 Å². The fraction of sp³-hybridized carbons (Fsp3) is 0.917. The summed E-state index contributed by atoms with van der Waals surface area (Å²) in [6, 6.07) is -0.634. The van der Waals surface area contributed by atoms with Gasteiger partial charge in [0.05, 0.1) is 11.8 Å². The van der Waals surface area contributed by atoms with Gasteiger partial charge in [-0.3, -0.25) is 10.1 Å². The second-order valence-corrected chi connectivity index (χ2v) is 5.13. The standard InChI is InChI=1S/C12H21N3O3/c1-9(12-7-4-8-18-12)13-14-10-5-2-3-6-11(10)15(16)17/h10-12,14H,2-8H2,1H3/b13-9-. The highest BCUT2D eigenvalue weighted by Gasteiger charge is 2.34. The van der Waals surface area contributed by atoms with Gasteiger partial charge in [-0.1, -0.05) is 6.42 Å². The number of hydrogen-bond donors (Lipinski definition) is 1. The third kappa shape index (κ3) is 3.19. The molecule has 1 aliphatic carbocycles. The maximum absolute atomic E-state index is 11.0. The SMILES string of the molecule is C/C(=N/NC1CCCCC1[N+](=O)[O-])C1CCCO1. The first-order valence-corrected chi connectivity index (χ1v) is 6.73. The van der Waals surface area contributed by atoms with Gasteiger partial charge in [0, 0.05) is 18.0 Å². The predicted octanol–water partition coefficient (Wildman–Crippen LogP) is 1.72. The first-order chi connectivity index (χ1) is 8.68. The van der Waals surface area contributed by atoms with Gasteiger partial charge in [-0.15, -0.1) is 0 Å². The number of nitrogens with one attached hydrogen (secondary N) is 1. The fourth-order valence-corrected chi connectivity index (χ4v) is 2.68. The molecule has 2 fully saturated rings. The van der Waals surface area contributed by atoms with Crippen LogP contribution in [0.2, 0.25) is 0 Å². The first kappa shape index (κ1) is 13.3. The van der Waals surface area contributed by atoms with Gasteiger partial charge in [0.1, 0.15) is 6.04 Å². The largest absolute Gasteiger partial charge is 0.372 e. The molecular formula is C12H21N3O3. The minimum atomic E-state index is -0.500. The molecule has 102 valence electrons. The van der Waals surface area contributed by atoms with Crippen LogP contribution in [-0.4, -0.2) is 35.4 Å². The Labute approximate surface area is 107 Å². The van der Waals surface area contributed by atoms with E-state index in [1.54, 1.807) is 0 Å². The van der Waals surface area contributed by atoms with E-state index in [1.165, 1.54) is 0 Å². The molecule has 0 aromatic carbocycles. The van der Waals surface area contributed by atoms with Crippen LogP contribution in [0.15, 0.2) is 5.10 Å². The van der Waals surface area contributed by atoms with Crippen molar-refractivity contribution in [2.24, 2.45) is 5.10 Å². The lowest BCUT2D eigenvalue weighted by atomic mass is 9.91. The molecule has 0 amide bonds. The van der Waals surface area contributed by atoms with E-state index in [0.29, 0.717) is 6.42 Å². The molecule has 0 radical (unpaired) electrons. The Hall–Kier alpha value is -1.17. The molecule has 1 saturated heterocycles. The first-order valence-electron chi connectivity index (χ1n) is 6.73. The maximum Gasteiger partial charge on any atom is 0.234 e. The predicted molar refractivity (Wildman–Crippen MR) is 68.3 cm³/mol. The minimum Gasteiger partial charge on any atom is -0.372 e. The van der Waals surface area contributed by atoms with Crippen LogP contribution < -0.4 is 5.43 Å². The van der Waals surface area contributed by atoms with Gasteiger partial charge in [-0.25, -0.2) is 0 Å². The zero-order valence-electron chi connectivity index (χ0n) is 10.8. The molecule has 1 N–H and O–H groups in total. The van der Waals surface area contributed by atoms with E-state index in [-0.39, 0.29) is 17.1 Å². The van der Waals surface area contributed by atoms with Crippen molar-refractivity contribution in [2.75, 3.05) is 6.61 Å². The Morgan fingerprint density at radius 3 is 2.78 bits per heavy atom. The van der Waals surface area contributed by atoms with E-state index in [0.717, 1.165) is 44.4 Å². The topological polar surface area (TPSA) is 76.8 Å². The molecule has 3 unspecified atom stereocenters. The highest BCUT2D eigenvalue weighted by atomic mass is 16.6. The molecule has 6 heteroatoms. The summed E-state index contributed by atoms with van der Waals surface area (Å²) >= 11 is 0. The van der Waals surface area contributed by atoms with E-state index in [4.69, 9.17) is 4.74 Å². The fourth-order valence-electron chi connectivity index (χ4n) is 2.68. The Morgan fingerprint density at radius 1 is 1.33 bits per heavy atom. The lowest BCUT2D eigenvalue weighted by Crippen LogP contribution is -2.44. The third-order valence-corrected chi connectivity index (χ3v) is 3.80. The average Bonchev–Trinajstić information content (AvgIpc) is 2.90. The van der Waals surface area contributed by atoms with Crippen molar-refractivity contribution in [2.45, 2.75) is 63.6 Å². The second kappa shape index (κ2) is 6.13. The normalized spacial score (nSPS) is 33.4. The van der Waals surface area contributed by atoms with Gasteiger partial charge in [-0.2, -0.15) is 5.10 Å². The van der Waals surface area contributed by atoms with Gasteiger partial charge >= 0.3 is 0 Å². The van der Waals surface area contributed by atoms with E-state index in [9.17, 15) is 10.1 Å². The second-order valence-electron chi connectivity index (χ2n) is 5.13. The molecule has 1 saturated carbocycles. The van der Waals surface area contributed by atoms with Crippen LogP contribution in [0.5, 0.6) is 0 Å². The summed E-state index contributed by atoms with van der Waals surface area (Å²) in [7, 11) is 0. The van der Waals surface area contributed by atoms with Crippen LogP contribution in [0.1, 0.15) is 45.4 Å². The lowest BCUT2D eigenvalue weighted by molar-refractivity contribution is -0.530. The van der Waals surface area contributed by atoms with Gasteiger partial charge in [0.15, 0.2) is 0 Å². The van der Waals surface area contributed by atoms with E-state index < -0.39 is 6.04 Å². The molecule has 2 aliphatic rings. The summed E-state index contributed by atoms with van der Waals surface area (Å²) < 4.78 is 5.52. The smallest absolute Gasteiger partial charge is 0.234 e. The van der Waals surface area contributed by atoms with Crippen molar-refractivity contribution in [3.8, 4) is 0 Å². The molecule has 0 bridgehead atoms. The van der Waals surface area contributed by atoms with Crippen molar-refractivity contribution in [1.82, 2.24) is 5.43 Å². The van der Waals surface area contributed by atoms with Crippen LogP contribution >= 0.6 is 0 Å². The molecule has 2 rings (SSSR count). The average molecular weight is 255 g/mol. The van der Waals surface area contributed by atoms with Gasteiger partial charge in [-0.05, 0) is 32.6 Å². The molecule has 0 aromatic heterocycles. The Kier molecular flexibility index (Phi) is 4.52. The third-order valence-electron chi connectivity index (χ3n) is 3.80. The lowest BCUT2D eigenvalue weighted by Gasteiger charge is -2.25. The minimum absolute atomic E-state index is 0.0927. The van der Waals surface area contributed by atoms with Crippen molar-refractivity contribution in [3.63, 3.8) is 0 Å². The number of ether oxygens (including phenoxy) is 1. The van der Waals surface area contributed by atoms with E-state index >= 15 is 0 Å². The Bertz CT molecular complexity index is 327. The molecule has 6 nitrogen and oxygen atoms in total. The molecule has 3 atom stereocenters. The molecule has 18 heavy (non-hydrogen) atoms. The van der Waals surface area contributed by atoms with Gasteiger partial charge in [0.2, 0.25) is 6.04 Å². The number of nitro groups is 1. The Balaban J connectivity index is 1.90. The van der Waals surface area contributed by atoms with Crippen LogP contribution in [0.3, 0.4) is 0 Å². The number of hydrogen-bond acceptors (Lipinski definition) is 5. The van der Waals surface area contributed by atoms with Gasteiger partial charge < -0.3 is 10.2 Å². The zero-order valence-corrected chi connectivity index (χ0v) is 10.8. The maximum atomic E-state index is 11.0. The monoisotopic (exact) mass is 255 g/mol. The summed E-state index contributed by atoms with van der Waals surface area (Å²) in [6.07, 6.45) is 5.62. The highest BCUT2D eigenvalue weighted by Crippen LogP contribution is 2.21. The van der Waals surface area contributed by atoms with Gasteiger partial charge in [0.25, 0.3) is 0 Å². The molecule has 1 heterocycles. The number of rotatable bonds is 4. The molecule has 0 aromatic rings. The molecule has 0 spiro atoms. The summed E-state index contributed by atoms with van der Waals surface area (Å²) in [6.45, 7) is 2.71. The summed E-state index contributed by atoms with van der Waals surface area (Å²) in [5.74, 6) is 0. The number of nitrogens with zero attached hydrogens (tertiary/aromatic N) is 2. The van der Waals surface area contributed by atoms with Crippen molar-refractivity contribution in [3.05, 3.63) is 10.1 Å². The quantitative estimate of drug-likeness (QED) is 0.471. The molecular weight excluding hydrogens is 234 g/mol. The zero-order chi connectivity index (χ0) is 13.0. The highest BCUT2D eigenvalue weighted by molar-refractivity contribution is 5.86. The molecule has 1 aliphatic heterocycles. The van der Waals surface area contributed by atoms with Crippen LogP contribution in [-0.2, 0) is 4.74 Å². The van der Waals surface area contributed by atoms with Crippen LogP contribution in [0, 0.1) is 10.1 Å².